The third-order valence-electron chi connectivity index (χ3n) is 2.34. The van der Waals surface area contributed by atoms with Gasteiger partial charge >= 0.3 is 0 Å². The van der Waals surface area contributed by atoms with Crippen LogP contribution in [0.25, 0.3) is 0 Å². The maximum atomic E-state index is 3.49. The lowest BCUT2D eigenvalue weighted by molar-refractivity contribution is 0.605. The molecule has 0 aliphatic carbocycles. The average molecular weight is 258 g/mol. The maximum Gasteiger partial charge on any atom is 0.0199 e. The Morgan fingerprint density at radius 2 is 2.38 bits per heavy atom. The van der Waals surface area contributed by atoms with Crippen molar-refractivity contribution in [2.24, 2.45) is 0 Å². The average Bonchev–Trinajstić information content (AvgIpc) is 2.17. The van der Waals surface area contributed by atoms with Gasteiger partial charge in [-0.15, -0.1) is 11.8 Å². The lowest BCUT2D eigenvalue weighted by atomic mass is 10.1. The van der Waals surface area contributed by atoms with Crippen molar-refractivity contribution in [1.82, 2.24) is 5.32 Å². The standard InChI is InChI=1S/C10H12BrNS/c1-12-9-4-7-2-3-8(11)5-10(7)13-6-9/h2-3,5,9,12H,4,6H2,1H3. The molecule has 0 fully saturated rings. The third kappa shape index (κ3) is 2.09. The minimum absolute atomic E-state index is 0.638. The predicted octanol–water partition coefficient (Wildman–Crippen LogP) is 2.69. The molecule has 1 aromatic rings. The van der Waals surface area contributed by atoms with E-state index in [2.05, 4.69) is 39.4 Å². The molecule has 13 heavy (non-hydrogen) atoms. The largest absolute Gasteiger partial charge is 0.316 e. The predicted molar refractivity (Wildman–Crippen MR) is 61.4 cm³/mol. The lowest BCUT2D eigenvalue weighted by Gasteiger charge is -2.23. The molecule has 1 unspecified atom stereocenters. The zero-order valence-electron chi connectivity index (χ0n) is 7.51. The minimum Gasteiger partial charge on any atom is -0.316 e. The molecule has 0 amide bonds. The van der Waals surface area contributed by atoms with Crippen molar-refractivity contribution in [3.8, 4) is 0 Å². The van der Waals surface area contributed by atoms with Gasteiger partial charge in [0.05, 0.1) is 0 Å². The number of hydrogen-bond acceptors (Lipinski definition) is 2. The van der Waals surface area contributed by atoms with Crippen LogP contribution in [0.5, 0.6) is 0 Å². The third-order valence-corrected chi connectivity index (χ3v) is 4.10. The molecular formula is C10H12BrNS. The van der Waals surface area contributed by atoms with E-state index in [0.29, 0.717) is 6.04 Å². The van der Waals surface area contributed by atoms with Gasteiger partial charge in [0.1, 0.15) is 0 Å². The van der Waals surface area contributed by atoms with Crippen LogP contribution in [0.3, 0.4) is 0 Å². The van der Waals surface area contributed by atoms with Crippen molar-refractivity contribution < 1.29 is 0 Å². The van der Waals surface area contributed by atoms with Crippen LogP contribution < -0.4 is 5.32 Å². The number of nitrogens with one attached hydrogen (secondary N) is 1. The maximum absolute atomic E-state index is 3.49. The number of hydrogen-bond donors (Lipinski definition) is 1. The van der Waals surface area contributed by atoms with Gasteiger partial charge in [-0.25, -0.2) is 0 Å². The molecule has 0 aromatic heterocycles. The summed E-state index contributed by atoms with van der Waals surface area (Å²) in [6.45, 7) is 0. The summed E-state index contributed by atoms with van der Waals surface area (Å²) in [6.07, 6.45) is 1.16. The number of benzene rings is 1. The topological polar surface area (TPSA) is 12.0 Å². The summed E-state index contributed by atoms with van der Waals surface area (Å²) in [5, 5.41) is 3.33. The van der Waals surface area contributed by atoms with Gasteiger partial charge in [-0.3, -0.25) is 0 Å². The van der Waals surface area contributed by atoms with E-state index in [1.165, 1.54) is 20.7 Å². The summed E-state index contributed by atoms with van der Waals surface area (Å²) in [7, 11) is 2.04. The molecule has 1 aromatic carbocycles. The molecule has 1 aliphatic rings. The van der Waals surface area contributed by atoms with Crippen molar-refractivity contribution in [1.29, 1.82) is 0 Å². The van der Waals surface area contributed by atoms with E-state index in [1.54, 1.807) is 0 Å². The Balaban J connectivity index is 2.26. The Labute approximate surface area is 91.4 Å². The van der Waals surface area contributed by atoms with Crippen molar-refractivity contribution in [3.05, 3.63) is 28.2 Å². The van der Waals surface area contributed by atoms with Gasteiger partial charge in [0.15, 0.2) is 0 Å². The molecule has 70 valence electrons. The quantitative estimate of drug-likeness (QED) is 0.831. The highest BCUT2D eigenvalue weighted by atomic mass is 79.9. The normalized spacial score (nSPS) is 21.2. The molecule has 0 saturated heterocycles. The van der Waals surface area contributed by atoms with E-state index in [4.69, 9.17) is 0 Å². The van der Waals surface area contributed by atoms with Crippen LogP contribution in [0.15, 0.2) is 27.6 Å². The molecule has 1 N–H and O–H groups in total. The van der Waals surface area contributed by atoms with Gasteiger partial charge in [0.25, 0.3) is 0 Å². The van der Waals surface area contributed by atoms with Crippen molar-refractivity contribution in [2.75, 3.05) is 12.8 Å². The van der Waals surface area contributed by atoms with Crippen molar-refractivity contribution in [3.63, 3.8) is 0 Å². The molecule has 1 aliphatic heterocycles. The van der Waals surface area contributed by atoms with Gasteiger partial charge in [-0.1, -0.05) is 22.0 Å². The number of thioether (sulfide) groups is 1. The Hall–Kier alpha value is 0.01000. The van der Waals surface area contributed by atoms with Gasteiger partial charge in [0, 0.05) is 21.2 Å². The summed E-state index contributed by atoms with van der Waals surface area (Å²) in [5.41, 5.74) is 1.47. The van der Waals surface area contributed by atoms with Crippen molar-refractivity contribution >= 4 is 27.7 Å². The highest BCUT2D eigenvalue weighted by Gasteiger charge is 2.17. The van der Waals surface area contributed by atoms with Gasteiger partial charge < -0.3 is 5.32 Å². The summed E-state index contributed by atoms with van der Waals surface area (Å²) in [5.74, 6) is 1.18. The van der Waals surface area contributed by atoms with Crippen LogP contribution in [-0.4, -0.2) is 18.8 Å². The van der Waals surface area contributed by atoms with Crippen LogP contribution in [-0.2, 0) is 6.42 Å². The monoisotopic (exact) mass is 257 g/mol. The molecule has 0 bridgehead atoms. The molecular weight excluding hydrogens is 246 g/mol. The molecule has 1 heterocycles. The molecule has 0 saturated carbocycles. The minimum atomic E-state index is 0.638. The first-order valence-electron chi connectivity index (χ1n) is 4.38. The summed E-state index contributed by atoms with van der Waals surface area (Å²) < 4.78 is 1.18. The number of likely N-dealkylation sites (N-methyl/N-ethyl adjacent to an activating group) is 1. The molecule has 1 nitrogen and oxygen atoms in total. The first-order chi connectivity index (χ1) is 6.29. The second-order valence-corrected chi connectivity index (χ2v) is 5.23. The fourth-order valence-corrected chi connectivity index (χ4v) is 3.26. The molecule has 0 radical (unpaired) electrons. The highest BCUT2D eigenvalue weighted by Crippen LogP contribution is 2.32. The lowest BCUT2D eigenvalue weighted by Crippen LogP contribution is -2.32. The van der Waals surface area contributed by atoms with Crippen LogP contribution in [0, 0.1) is 0 Å². The summed E-state index contributed by atoms with van der Waals surface area (Å²) >= 11 is 5.44. The summed E-state index contributed by atoms with van der Waals surface area (Å²) in [6, 6.07) is 7.19. The second-order valence-electron chi connectivity index (χ2n) is 3.25. The molecule has 1 atom stereocenters. The molecule has 2 rings (SSSR count). The first-order valence-corrected chi connectivity index (χ1v) is 6.16. The van der Waals surface area contributed by atoms with E-state index < -0.39 is 0 Å². The number of rotatable bonds is 1. The second kappa shape index (κ2) is 4.03. The Kier molecular flexibility index (Phi) is 2.96. The van der Waals surface area contributed by atoms with Gasteiger partial charge in [-0.2, -0.15) is 0 Å². The first kappa shape index (κ1) is 9.56. The molecule has 3 heteroatoms. The SMILES string of the molecule is CNC1CSc2cc(Br)ccc2C1. The van der Waals surface area contributed by atoms with Crippen LogP contribution >= 0.6 is 27.7 Å². The van der Waals surface area contributed by atoms with Crippen LogP contribution in [0.1, 0.15) is 5.56 Å². The highest BCUT2D eigenvalue weighted by molar-refractivity contribution is 9.10. The van der Waals surface area contributed by atoms with E-state index in [9.17, 15) is 0 Å². The van der Waals surface area contributed by atoms with E-state index in [1.807, 2.05) is 18.8 Å². The van der Waals surface area contributed by atoms with E-state index >= 15 is 0 Å². The zero-order valence-corrected chi connectivity index (χ0v) is 9.91. The van der Waals surface area contributed by atoms with Crippen LogP contribution in [0.2, 0.25) is 0 Å². The summed E-state index contributed by atoms with van der Waals surface area (Å²) in [4.78, 5) is 1.43. The van der Waals surface area contributed by atoms with Gasteiger partial charge in [0.2, 0.25) is 0 Å². The van der Waals surface area contributed by atoms with Gasteiger partial charge in [-0.05, 0) is 31.2 Å². The smallest absolute Gasteiger partial charge is 0.0199 e. The fourth-order valence-electron chi connectivity index (χ4n) is 1.53. The van der Waals surface area contributed by atoms with E-state index in [0.717, 1.165) is 6.42 Å². The Morgan fingerprint density at radius 1 is 1.54 bits per heavy atom. The Bertz CT molecular complexity index is 314. The number of halogens is 1. The Morgan fingerprint density at radius 3 is 3.15 bits per heavy atom. The van der Waals surface area contributed by atoms with Crippen molar-refractivity contribution in [2.45, 2.75) is 17.4 Å². The van der Waals surface area contributed by atoms with E-state index in [-0.39, 0.29) is 0 Å². The fraction of sp³-hybridized carbons (Fsp3) is 0.400. The zero-order chi connectivity index (χ0) is 9.26. The molecule has 0 spiro atoms. The van der Waals surface area contributed by atoms with Crippen LogP contribution in [0.4, 0.5) is 0 Å². The number of fused-ring (bicyclic) bond motifs is 1.